The molecule has 2 N–H and O–H groups in total. The first-order chi connectivity index (χ1) is 21.1. The molecule has 15 heteroatoms. The number of anilines is 4. The first kappa shape index (κ1) is 32.8. The fraction of sp³-hybridized carbons (Fsp3) is 0.567. The van der Waals surface area contributed by atoms with Crippen LogP contribution >= 0.6 is 0 Å². The van der Waals surface area contributed by atoms with Crippen LogP contribution in [0, 0.1) is 24.2 Å². The number of aromatic nitrogens is 1. The van der Waals surface area contributed by atoms with E-state index < -0.39 is 45.4 Å². The molecule has 2 unspecified atom stereocenters. The lowest BCUT2D eigenvalue weighted by Gasteiger charge is -2.34. The van der Waals surface area contributed by atoms with Crippen molar-refractivity contribution in [1.29, 1.82) is 0 Å². The van der Waals surface area contributed by atoms with Gasteiger partial charge in [0.05, 0.1) is 23.5 Å². The van der Waals surface area contributed by atoms with Crippen LogP contribution in [0.1, 0.15) is 49.0 Å². The zero-order valence-corrected chi connectivity index (χ0v) is 26.1. The van der Waals surface area contributed by atoms with Gasteiger partial charge in [0, 0.05) is 44.4 Å². The Balaban J connectivity index is 1.41. The van der Waals surface area contributed by atoms with Gasteiger partial charge in [0.2, 0.25) is 16.4 Å². The lowest BCUT2D eigenvalue weighted by Crippen LogP contribution is -2.39. The summed E-state index contributed by atoms with van der Waals surface area (Å²) in [6, 6.07) is 7.63. The van der Waals surface area contributed by atoms with Crippen molar-refractivity contribution < 1.29 is 40.3 Å². The minimum absolute atomic E-state index is 0.0161. The number of carbonyl (C=O) groups is 2. The fourth-order valence-corrected chi connectivity index (χ4v) is 7.54. The van der Waals surface area contributed by atoms with Crippen LogP contribution in [0.3, 0.4) is 0 Å². The number of nitrogens with one attached hydrogen (secondary N) is 2. The lowest BCUT2D eigenvalue weighted by molar-refractivity contribution is -0.139. The highest BCUT2D eigenvalue weighted by molar-refractivity contribution is 7.93. The molecule has 2 aliphatic heterocycles. The number of benzene rings is 1. The fourth-order valence-electron chi connectivity index (χ4n) is 6.59. The molecule has 1 saturated carbocycles. The van der Waals surface area contributed by atoms with E-state index in [-0.39, 0.29) is 81.0 Å². The minimum Gasteiger partial charge on any atom is -0.465 e. The SMILES string of the molecule is CCOC(=O)CS(=O)(=O)Nc1ccc(C(=O)Nc2cc(C)cc(N3CCC(F)(F)CC3)n2)c(N2CC[C@@]3(C(F)F)C(C)C3C2)c1. The number of alkyl halides is 4. The Morgan fingerprint density at radius 2 is 1.78 bits per heavy atom. The molecule has 0 radical (unpaired) electrons. The average molecular weight is 656 g/mol. The summed E-state index contributed by atoms with van der Waals surface area (Å²) in [5.74, 6) is -5.00. The number of amides is 1. The topological polar surface area (TPSA) is 121 Å². The smallest absolute Gasteiger partial charge is 0.323 e. The van der Waals surface area contributed by atoms with Crippen LogP contribution in [-0.4, -0.2) is 76.2 Å². The number of aryl methyl sites for hydroxylation is 1. The first-order valence-corrected chi connectivity index (χ1v) is 16.6. The summed E-state index contributed by atoms with van der Waals surface area (Å²) in [5, 5.41) is 2.77. The van der Waals surface area contributed by atoms with E-state index in [4.69, 9.17) is 4.74 Å². The number of sulfonamides is 1. The van der Waals surface area contributed by atoms with Gasteiger partial charge in [-0.2, -0.15) is 0 Å². The number of esters is 1. The second kappa shape index (κ2) is 12.3. The normalized spacial score (nSPS) is 24.2. The molecule has 1 aromatic heterocycles. The lowest BCUT2D eigenvalue weighted by atomic mass is 9.94. The molecule has 246 valence electrons. The Labute approximate surface area is 259 Å². The van der Waals surface area contributed by atoms with Gasteiger partial charge in [0.25, 0.3) is 11.8 Å². The molecule has 10 nitrogen and oxygen atoms in total. The number of fused-ring (bicyclic) bond motifs is 1. The summed E-state index contributed by atoms with van der Waals surface area (Å²) >= 11 is 0. The van der Waals surface area contributed by atoms with Crippen LogP contribution in [0.15, 0.2) is 30.3 Å². The van der Waals surface area contributed by atoms with E-state index in [0.717, 1.165) is 5.56 Å². The number of pyridine rings is 1. The highest BCUT2D eigenvalue weighted by Crippen LogP contribution is 2.66. The number of halogens is 4. The maximum atomic E-state index is 14.0. The molecule has 5 rings (SSSR count). The van der Waals surface area contributed by atoms with Crippen LogP contribution in [0.5, 0.6) is 0 Å². The highest BCUT2D eigenvalue weighted by Gasteiger charge is 2.68. The molecule has 3 aliphatic rings. The molecular formula is C30H37F4N5O5S. The summed E-state index contributed by atoms with van der Waals surface area (Å²) in [4.78, 5) is 33.5. The van der Waals surface area contributed by atoms with Gasteiger partial charge in [-0.15, -0.1) is 0 Å². The Hall–Kier alpha value is -3.62. The van der Waals surface area contributed by atoms with Gasteiger partial charge in [0.15, 0.2) is 5.75 Å². The van der Waals surface area contributed by atoms with Gasteiger partial charge in [-0.1, -0.05) is 6.92 Å². The molecule has 1 amide bonds. The van der Waals surface area contributed by atoms with Gasteiger partial charge in [-0.05, 0) is 68.0 Å². The van der Waals surface area contributed by atoms with E-state index in [1.54, 1.807) is 42.7 Å². The van der Waals surface area contributed by atoms with Crippen LogP contribution in [0.25, 0.3) is 0 Å². The molecule has 1 aromatic carbocycles. The summed E-state index contributed by atoms with van der Waals surface area (Å²) in [5.41, 5.74) is 0.248. The zero-order chi connectivity index (χ0) is 32.7. The highest BCUT2D eigenvalue weighted by atomic mass is 32.2. The monoisotopic (exact) mass is 655 g/mol. The predicted octanol–water partition coefficient (Wildman–Crippen LogP) is 4.91. The number of nitrogens with zero attached hydrogens (tertiary/aromatic N) is 3. The molecular weight excluding hydrogens is 618 g/mol. The van der Waals surface area contributed by atoms with Crippen molar-refractivity contribution in [3.05, 3.63) is 41.5 Å². The summed E-state index contributed by atoms with van der Waals surface area (Å²) in [7, 11) is -4.15. The molecule has 0 spiro atoms. The standard InChI is InChI=1S/C30H37F4N5O5S/c1-4-44-26(40)17-45(42,43)37-20-5-6-21(23(15-20)39-12-9-30(28(31)32)19(3)22(30)16-39)27(41)36-24-13-18(2)14-25(35-24)38-10-7-29(33,34)8-11-38/h5-6,13-15,19,22,28,37H,4,7-12,16-17H2,1-3H3,(H,35,36,41)/t19?,22?,30-/m1/s1. The molecule has 3 atom stereocenters. The van der Waals surface area contributed by atoms with Crippen molar-refractivity contribution in [2.24, 2.45) is 17.3 Å². The van der Waals surface area contributed by atoms with Gasteiger partial charge in [-0.25, -0.2) is 31.0 Å². The largest absolute Gasteiger partial charge is 0.465 e. The Morgan fingerprint density at radius 3 is 2.42 bits per heavy atom. The molecule has 45 heavy (non-hydrogen) atoms. The minimum atomic E-state index is -4.15. The van der Waals surface area contributed by atoms with Crippen LogP contribution in [0.2, 0.25) is 0 Å². The van der Waals surface area contributed by atoms with Crippen LogP contribution in [-0.2, 0) is 19.6 Å². The van der Waals surface area contributed by atoms with Gasteiger partial charge < -0.3 is 19.9 Å². The van der Waals surface area contributed by atoms with Crippen molar-refractivity contribution in [3.8, 4) is 0 Å². The van der Waals surface area contributed by atoms with Crippen molar-refractivity contribution in [2.75, 3.05) is 58.4 Å². The van der Waals surface area contributed by atoms with Crippen molar-refractivity contribution in [2.45, 2.75) is 52.4 Å². The van der Waals surface area contributed by atoms with E-state index in [9.17, 15) is 35.6 Å². The first-order valence-electron chi connectivity index (χ1n) is 14.9. The Bertz CT molecular complexity index is 1570. The molecule has 1 aliphatic carbocycles. The third kappa shape index (κ3) is 6.97. The maximum Gasteiger partial charge on any atom is 0.323 e. The second-order valence-corrected chi connectivity index (χ2v) is 13.8. The quantitative estimate of drug-likeness (QED) is 0.274. The van der Waals surface area contributed by atoms with Crippen molar-refractivity contribution in [3.63, 3.8) is 0 Å². The average Bonchev–Trinajstić information content (AvgIpc) is 3.56. The van der Waals surface area contributed by atoms with Gasteiger partial charge >= 0.3 is 5.97 Å². The van der Waals surface area contributed by atoms with E-state index >= 15 is 0 Å². The van der Waals surface area contributed by atoms with Crippen LogP contribution in [0.4, 0.5) is 40.6 Å². The molecule has 2 aromatic rings. The van der Waals surface area contributed by atoms with Crippen LogP contribution < -0.4 is 19.8 Å². The molecule has 3 fully saturated rings. The van der Waals surface area contributed by atoms with Gasteiger partial charge in [0.1, 0.15) is 11.6 Å². The Morgan fingerprint density at radius 1 is 1.09 bits per heavy atom. The van der Waals surface area contributed by atoms with Crippen molar-refractivity contribution in [1.82, 2.24) is 4.98 Å². The van der Waals surface area contributed by atoms with E-state index in [2.05, 4.69) is 15.0 Å². The zero-order valence-electron chi connectivity index (χ0n) is 25.3. The number of hydrogen-bond donors (Lipinski definition) is 2. The third-order valence-corrected chi connectivity index (χ3v) is 10.3. The molecule has 0 bridgehead atoms. The molecule has 2 saturated heterocycles. The molecule has 3 heterocycles. The summed E-state index contributed by atoms with van der Waals surface area (Å²) in [6.45, 7) is 5.85. The number of piperidine rings is 2. The number of ether oxygens (including phenoxy) is 1. The number of hydrogen-bond acceptors (Lipinski definition) is 8. The maximum absolute atomic E-state index is 14.0. The number of rotatable bonds is 10. The second-order valence-electron chi connectivity index (χ2n) is 12.1. The summed E-state index contributed by atoms with van der Waals surface area (Å²) < 4.78 is 87.7. The third-order valence-electron chi connectivity index (χ3n) is 9.16. The van der Waals surface area contributed by atoms with Crippen molar-refractivity contribution >= 4 is 44.9 Å². The predicted molar refractivity (Wildman–Crippen MR) is 162 cm³/mol. The van der Waals surface area contributed by atoms with Gasteiger partial charge in [-0.3, -0.25) is 14.3 Å². The van der Waals surface area contributed by atoms with E-state index in [0.29, 0.717) is 11.5 Å². The van der Waals surface area contributed by atoms with E-state index in [1.807, 2.05) is 0 Å². The number of carbonyl (C=O) groups excluding carboxylic acids is 2. The summed E-state index contributed by atoms with van der Waals surface area (Å²) in [6.07, 6.45) is -2.87. The Kier molecular flexibility index (Phi) is 8.95. The van der Waals surface area contributed by atoms with E-state index in [1.165, 1.54) is 18.2 Å².